The first-order chi connectivity index (χ1) is 12.5. The number of benzene rings is 1. The van der Waals surface area contributed by atoms with Crippen LogP contribution >= 0.6 is 0 Å². The average molecular weight is 373 g/mol. The summed E-state index contributed by atoms with van der Waals surface area (Å²) in [5.74, 6) is 0. The molecule has 0 saturated carbocycles. The molecule has 8 heteroatoms. The number of sulfonamides is 1. The largest absolute Gasteiger partial charge is 0.274 e. The van der Waals surface area contributed by atoms with E-state index in [1.54, 1.807) is 13.2 Å². The van der Waals surface area contributed by atoms with E-state index in [0.29, 0.717) is 19.5 Å². The third kappa shape index (κ3) is 4.03. The van der Waals surface area contributed by atoms with Gasteiger partial charge in [-0.15, -0.1) is 0 Å². The van der Waals surface area contributed by atoms with Gasteiger partial charge in [-0.1, -0.05) is 30.3 Å². The van der Waals surface area contributed by atoms with Gasteiger partial charge >= 0.3 is 0 Å². The highest BCUT2D eigenvalue weighted by molar-refractivity contribution is 7.89. The number of nitrogens with zero attached hydrogens (tertiary/aromatic N) is 5. The maximum Gasteiger partial charge on any atom is 0.246 e. The Morgan fingerprint density at radius 1 is 1.12 bits per heavy atom. The molecule has 0 amide bonds. The van der Waals surface area contributed by atoms with E-state index in [1.165, 1.54) is 21.4 Å². The summed E-state index contributed by atoms with van der Waals surface area (Å²) < 4.78 is 31.1. The Bertz CT molecular complexity index is 947. The molecule has 2 aromatic heterocycles. The Labute approximate surface area is 153 Å². The van der Waals surface area contributed by atoms with Gasteiger partial charge < -0.3 is 0 Å². The first-order valence-electron chi connectivity index (χ1n) is 8.54. The molecule has 3 aromatic rings. The number of aromatic nitrogens is 4. The van der Waals surface area contributed by atoms with Crippen molar-refractivity contribution in [3.05, 3.63) is 66.2 Å². The minimum absolute atomic E-state index is 0.204. The van der Waals surface area contributed by atoms with Crippen LogP contribution in [-0.2, 0) is 36.6 Å². The van der Waals surface area contributed by atoms with Crippen LogP contribution < -0.4 is 0 Å². The third-order valence-electron chi connectivity index (χ3n) is 4.25. The van der Waals surface area contributed by atoms with Crippen molar-refractivity contribution in [3.8, 4) is 0 Å². The SMILES string of the molecule is CCn1nccc1CN(CCc1ccccc1)S(=O)(=O)c1cnn(C)c1. The second kappa shape index (κ2) is 7.84. The molecule has 2 heterocycles. The van der Waals surface area contributed by atoms with Gasteiger partial charge in [-0.2, -0.15) is 14.5 Å². The van der Waals surface area contributed by atoms with Crippen LogP contribution in [0.25, 0.3) is 0 Å². The van der Waals surface area contributed by atoms with Crippen molar-refractivity contribution in [2.24, 2.45) is 7.05 Å². The van der Waals surface area contributed by atoms with Crippen molar-refractivity contribution < 1.29 is 8.42 Å². The van der Waals surface area contributed by atoms with Gasteiger partial charge in [0, 0.05) is 32.5 Å². The Balaban J connectivity index is 1.87. The van der Waals surface area contributed by atoms with Crippen molar-refractivity contribution in [2.75, 3.05) is 6.54 Å². The molecule has 0 unspecified atom stereocenters. The minimum Gasteiger partial charge on any atom is -0.274 e. The van der Waals surface area contributed by atoms with Gasteiger partial charge in [-0.05, 0) is 25.0 Å². The third-order valence-corrected chi connectivity index (χ3v) is 6.05. The number of hydrogen-bond acceptors (Lipinski definition) is 4. The maximum atomic E-state index is 13.1. The van der Waals surface area contributed by atoms with Crippen molar-refractivity contribution in [1.82, 2.24) is 23.9 Å². The number of hydrogen-bond donors (Lipinski definition) is 0. The lowest BCUT2D eigenvalue weighted by Crippen LogP contribution is -2.33. The summed E-state index contributed by atoms with van der Waals surface area (Å²) in [6.45, 7) is 3.34. The summed E-state index contributed by atoms with van der Waals surface area (Å²) >= 11 is 0. The lowest BCUT2D eigenvalue weighted by atomic mass is 10.1. The molecule has 0 aliphatic carbocycles. The van der Waals surface area contributed by atoms with Crippen molar-refractivity contribution in [2.45, 2.75) is 31.3 Å². The first-order valence-corrected chi connectivity index (χ1v) is 9.98. The van der Waals surface area contributed by atoms with E-state index in [-0.39, 0.29) is 11.4 Å². The zero-order valence-corrected chi connectivity index (χ0v) is 15.8. The fourth-order valence-electron chi connectivity index (χ4n) is 2.82. The fourth-order valence-corrected chi connectivity index (χ4v) is 4.22. The first kappa shape index (κ1) is 18.3. The molecule has 0 aliphatic heterocycles. The molecule has 0 N–H and O–H groups in total. The molecule has 138 valence electrons. The molecule has 0 aliphatic rings. The maximum absolute atomic E-state index is 13.1. The van der Waals surface area contributed by atoms with Gasteiger partial charge in [0.05, 0.1) is 18.4 Å². The molecule has 0 spiro atoms. The molecule has 0 saturated heterocycles. The highest BCUT2D eigenvalue weighted by atomic mass is 32.2. The van der Waals surface area contributed by atoms with Crippen LogP contribution in [0.4, 0.5) is 0 Å². The molecule has 26 heavy (non-hydrogen) atoms. The van der Waals surface area contributed by atoms with E-state index in [0.717, 1.165) is 11.3 Å². The topological polar surface area (TPSA) is 73.0 Å². The highest BCUT2D eigenvalue weighted by Crippen LogP contribution is 2.18. The predicted octanol–water partition coefficient (Wildman–Crippen LogP) is 2.07. The van der Waals surface area contributed by atoms with E-state index in [2.05, 4.69) is 10.2 Å². The zero-order chi connectivity index (χ0) is 18.6. The summed E-state index contributed by atoms with van der Waals surface area (Å²) in [5.41, 5.74) is 1.97. The Kier molecular flexibility index (Phi) is 5.53. The van der Waals surface area contributed by atoms with Crippen LogP contribution in [0.5, 0.6) is 0 Å². The predicted molar refractivity (Wildman–Crippen MR) is 98.9 cm³/mol. The quantitative estimate of drug-likeness (QED) is 0.606. The Morgan fingerprint density at radius 2 is 1.88 bits per heavy atom. The number of rotatable bonds is 8. The summed E-state index contributed by atoms with van der Waals surface area (Å²) in [4.78, 5) is 0.204. The molecule has 0 fully saturated rings. The summed E-state index contributed by atoms with van der Waals surface area (Å²) in [5, 5.41) is 8.25. The van der Waals surface area contributed by atoms with Crippen molar-refractivity contribution in [1.29, 1.82) is 0 Å². The van der Waals surface area contributed by atoms with Crippen LogP contribution in [0.15, 0.2) is 59.9 Å². The van der Waals surface area contributed by atoms with Crippen LogP contribution in [0, 0.1) is 0 Å². The second-order valence-corrected chi connectivity index (χ2v) is 8.00. The summed E-state index contributed by atoms with van der Waals surface area (Å²) in [6.07, 6.45) is 5.26. The molecule has 0 atom stereocenters. The Hall–Kier alpha value is -2.45. The van der Waals surface area contributed by atoms with Gasteiger partial charge in [0.1, 0.15) is 4.90 Å². The molecule has 3 rings (SSSR count). The van der Waals surface area contributed by atoms with E-state index in [1.807, 2.05) is 48.0 Å². The summed E-state index contributed by atoms with van der Waals surface area (Å²) in [7, 11) is -1.93. The van der Waals surface area contributed by atoms with E-state index in [4.69, 9.17) is 0 Å². The van der Waals surface area contributed by atoms with E-state index >= 15 is 0 Å². The molecule has 7 nitrogen and oxygen atoms in total. The van der Waals surface area contributed by atoms with Gasteiger partial charge in [-0.3, -0.25) is 9.36 Å². The molecular formula is C18H23N5O2S. The zero-order valence-electron chi connectivity index (χ0n) is 15.0. The van der Waals surface area contributed by atoms with Gasteiger partial charge in [0.15, 0.2) is 0 Å². The normalized spacial score (nSPS) is 12.0. The second-order valence-electron chi connectivity index (χ2n) is 6.06. The van der Waals surface area contributed by atoms with E-state index in [9.17, 15) is 8.42 Å². The van der Waals surface area contributed by atoms with Crippen LogP contribution in [-0.4, -0.2) is 38.8 Å². The van der Waals surface area contributed by atoms with E-state index < -0.39 is 10.0 Å². The minimum atomic E-state index is -3.64. The highest BCUT2D eigenvalue weighted by Gasteiger charge is 2.26. The molecule has 0 bridgehead atoms. The standard InChI is InChI=1S/C18H23N5O2S/c1-3-23-17(9-11-19-23)14-22(12-10-16-7-5-4-6-8-16)26(24,25)18-13-20-21(2)15-18/h4-9,11,13,15H,3,10,12,14H2,1-2H3. The molecular weight excluding hydrogens is 350 g/mol. The van der Waals surface area contributed by atoms with Crippen LogP contribution in [0.3, 0.4) is 0 Å². The number of aryl methyl sites for hydroxylation is 2. The lowest BCUT2D eigenvalue weighted by molar-refractivity contribution is 0.394. The lowest BCUT2D eigenvalue weighted by Gasteiger charge is -2.22. The monoisotopic (exact) mass is 373 g/mol. The van der Waals surface area contributed by atoms with Gasteiger partial charge in [0.2, 0.25) is 10.0 Å². The van der Waals surface area contributed by atoms with Crippen LogP contribution in [0.2, 0.25) is 0 Å². The average Bonchev–Trinajstić information content (AvgIpc) is 3.28. The fraction of sp³-hybridized carbons (Fsp3) is 0.333. The van der Waals surface area contributed by atoms with Crippen molar-refractivity contribution in [3.63, 3.8) is 0 Å². The smallest absolute Gasteiger partial charge is 0.246 e. The van der Waals surface area contributed by atoms with Crippen LogP contribution in [0.1, 0.15) is 18.2 Å². The molecule has 0 radical (unpaired) electrons. The summed E-state index contributed by atoms with van der Waals surface area (Å²) in [6, 6.07) is 11.7. The Morgan fingerprint density at radius 3 is 2.54 bits per heavy atom. The van der Waals surface area contributed by atoms with Crippen molar-refractivity contribution >= 4 is 10.0 Å². The van der Waals surface area contributed by atoms with Gasteiger partial charge in [0.25, 0.3) is 0 Å². The van der Waals surface area contributed by atoms with Gasteiger partial charge in [-0.25, -0.2) is 8.42 Å². The molecule has 1 aromatic carbocycles.